The third-order valence-electron chi connectivity index (χ3n) is 4.52. The van der Waals surface area contributed by atoms with Gasteiger partial charge in [-0.05, 0) is 31.2 Å². The normalized spacial score (nSPS) is 15.7. The molecule has 1 aromatic heterocycles. The summed E-state index contributed by atoms with van der Waals surface area (Å²) in [7, 11) is 0. The minimum absolute atomic E-state index is 0.765. The lowest BCUT2D eigenvalue weighted by atomic mass is 10.00. The lowest BCUT2D eigenvalue weighted by molar-refractivity contribution is 0.433. The smallest absolute Gasteiger partial charge is 0.247 e. The quantitative estimate of drug-likeness (QED) is 0.849. The standard InChI is InChI=1S/C18H25N5/c1-3-22(14-16-7-5-4-6-8-16)17-13-19-21-18(20-17)23-11-9-15(2)10-12-23/h4-8,13,15H,3,9-12,14H2,1-2H3. The van der Waals surface area contributed by atoms with Gasteiger partial charge in [-0.2, -0.15) is 10.1 Å². The Labute approximate surface area is 138 Å². The molecular weight excluding hydrogens is 286 g/mol. The first-order valence-corrected chi connectivity index (χ1v) is 8.50. The van der Waals surface area contributed by atoms with Crippen molar-refractivity contribution in [3.8, 4) is 0 Å². The molecule has 2 aromatic rings. The van der Waals surface area contributed by atoms with Crippen LogP contribution >= 0.6 is 0 Å². The summed E-state index contributed by atoms with van der Waals surface area (Å²) < 4.78 is 0. The molecular formula is C18H25N5. The second-order valence-electron chi connectivity index (χ2n) is 6.28. The van der Waals surface area contributed by atoms with Gasteiger partial charge in [0.1, 0.15) is 0 Å². The van der Waals surface area contributed by atoms with E-state index in [1.807, 2.05) is 6.07 Å². The molecule has 23 heavy (non-hydrogen) atoms. The predicted octanol–water partition coefficient (Wildman–Crippen LogP) is 3.13. The van der Waals surface area contributed by atoms with Gasteiger partial charge < -0.3 is 9.80 Å². The first-order valence-electron chi connectivity index (χ1n) is 8.50. The summed E-state index contributed by atoms with van der Waals surface area (Å²) in [6.07, 6.45) is 4.17. The summed E-state index contributed by atoms with van der Waals surface area (Å²) >= 11 is 0. The van der Waals surface area contributed by atoms with E-state index in [2.05, 4.69) is 58.1 Å². The van der Waals surface area contributed by atoms with E-state index in [0.29, 0.717) is 0 Å². The molecule has 1 aliphatic heterocycles. The Kier molecular flexibility index (Phi) is 5.05. The van der Waals surface area contributed by atoms with Gasteiger partial charge in [0.25, 0.3) is 0 Å². The summed E-state index contributed by atoms with van der Waals surface area (Å²) in [6, 6.07) is 10.5. The van der Waals surface area contributed by atoms with Gasteiger partial charge >= 0.3 is 0 Å². The fourth-order valence-electron chi connectivity index (χ4n) is 2.94. The molecule has 5 heteroatoms. The highest BCUT2D eigenvalue weighted by Crippen LogP contribution is 2.21. The van der Waals surface area contributed by atoms with Gasteiger partial charge in [0.15, 0.2) is 5.82 Å². The molecule has 1 aromatic carbocycles. The van der Waals surface area contributed by atoms with Crippen LogP contribution in [0.2, 0.25) is 0 Å². The van der Waals surface area contributed by atoms with E-state index in [0.717, 1.165) is 43.9 Å². The number of piperidine rings is 1. The van der Waals surface area contributed by atoms with Gasteiger partial charge in [0.2, 0.25) is 5.95 Å². The van der Waals surface area contributed by atoms with E-state index in [-0.39, 0.29) is 0 Å². The molecule has 0 unspecified atom stereocenters. The molecule has 0 amide bonds. The Hall–Kier alpha value is -2.17. The highest BCUT2D eigenvalue weighted by molar-refractivity contribution is 5.42. The second kappa shape index (κ2) is 7.40. The SMILES string of the molecule is CCN(Cc1ccccc1)c1cnnc(N2CCC(C)CC2)n1. The first-order chi connectivity index (χ1) is 11.3. The molecule has 0 radical (unpaired) electrons. The molecule has 0 aliphatic carbocycles. The third kappa shape index (κ3) is 3.97. The lowest BCUT2D eigenvalue weighted by Crippen LogP contribution is -2.34. The maximum atomic E-state index is 4.77. The van der Waals surface area contributed by atoms with E-state index < -0.39 is 0 Å². The summed E-state index contributed by atoms with van der Waals surface area (Å²) in [5, 5.41) is 8.44. The van der Waals surface area contributed by atoms with Crippen molar-refractivity contribution in [3.63, 3.8) is 0 Å². The molecule has 0 bridgehead atoms. The van der Waals surface area contributed by atoms with E-state index in [4.69, 9.17) is 4.98 Å². The number of aromatic nitrogens is 3. The Balaban J connectivity index is 1.74. The molecule has 2 heterocycles. The minimum Gasteiger partial charge on any atom is -0.351 e. The number of benzene rings is 1. The van der Waals surface area contributed by atoms with Crippen LogP contribution in [-0.4, -0.2) is 34.8 Å². The van der Waals surface area contributed by atoms with Crippen molar-refractivity contribution in [2.45, 2.75) is 33.2 Å². The minimum atomic E-state index is 0.765. The highest BCUT2D eigenvalue weighted by atomic mass is 15.3. The average Bonchev–Trinajstić information content (AvgIpc) is 2.61. The Morgan fingerprint density at radius 2 is 1.91 bits per heavy atom. The fraction of sp³-hybridized carbons (Fsp3) is 0.500. The predicted molar refractivity (Wildman–Crippen MR) is 93.6 cm³/mol. The largest absolute Gasteiger partial charge is 0.351 e. The zero-order valence-electron chi connectivity index (χ0n) is 14.0. The van der Waals surface area contributed by atoms with Gasteiger partial charge in [0, 0.05) is 26.2 Å². The summed E-state index contributed by atoms with van der Waals surface area (Å²) in [5.74, 6) is 2.47. The fourth-order valence-corrected chi connectivity index (χ4v) is 2.94. The van der Waals surface area contributed by atoms with E-state index in [1.165, 1.54) is 18.4 Å². The maximum absolute atomic E-state index is 4.77. The van der Waals surface area contributed by atoms with Gasteiger partial charge in [-0.1, -0.05) is 37.3 Å². The van der Waals surface area contributed by atoms with Crippen LogP contribution in [0.25, 0.3) is 0 Å². The Morgan fingerprint density at radius 3 is 2.61 bits per heavy atom. The van der Waals surface area contributed by atoms with E-state index in [1.54, 1.807) is 6.20 Å². The molecule has 122 valence electrons. The van der Waals surface area contributed by atoms with Crippen molar-refractivity contribution in [2.75, 3.05) is 29.4 Å². The van der Waals surface area contributed by atoms with Gasteiger partial charge in [-0.15, -0.1) is 5.10 Å². The Bertz CT molecular complexity index is 608. The van der Waals surface area contributed by atoms with Gasteiger partial charge in [0.05, 0.1) is 6.20 Å². The van der Waals surface area contributed by atoms with Gasteiger partial charge in [-0.3, -0.25) is 0 Å². The summed E-state index contributed by atoms with van der Waals surface area (Å²) in [4.78, 5) is 9.26. The van der Waals surface area contributed by atoms with Crippen molar-refractivity contribution in [2.24, 2.45) is 5.92 Å². The number of nitrogens with zero attached hydrogens (tertiary/aromatic N) is 5. The molecule has 0 saturated carbocycles. The molecule has 0 N–H and O–H groups in total. The zero-order chi connectivity index (χ0) is 16.1. The molecule has 0 spiro atoms. The van der Waals surface area contributed by atoms with Crippen molar-refractivity contribution in [1.82, 2.24) is 15.2 Å². The van der Waals surface area contributed by atoms with Crippen LogP contribution in [-0.2, 0) is 6.54 Å². The van der Waals surface area contributed by atoms with Crippen molar-refractivity contribution < 1.29 is 0 Å². The van der Waals surface area contributed by atoms with Crippen LogP contribution < -0.4 is 9.80 Å². The number of hydrogen-bond acceptors (Lipinski definition) is 5. The lowest BCUT2D eigenvalue weighted by Gasteiger charge is -2.30. The molecule has 0 atom stereocenters. The molecule has 1 fully saturated rings. The average molecular weight is 311 g/mol. The van der Waals surface area contributed by atoms with E-state index >= 15 is 0 Å². The maximum Gasteiger partial charge on any atom is 0.247 e. The molecule has 3 rings (SSSR count). The van der Waals surface area contributed by atoms with Crippen LogP contribution in [0.4, 0.5) is 11.8 Å². The third-order valence-corrected chi connectivity index (χ3v) is 4.52. The highest BCUT2D eigenvalue weighted by Gasteiger charge is 2.19. The van der Waals surface area contributed by atoms with Crippen LogP contribution in [0.5, 0.6) is 0 Å². The monoisotopic (exact) mass is 311 g/mol. The van der Waals surface area contributed by atoms with Crippen molar-refractivity contribution >= 4 is 11.8 Å². The van der Waals surface area contributed by atoms with Crippen LogP contribution in [0, 0.1) is 5.92 Å². The zero-order valence-corrected chi connectivity index (χ0v) is 14.0. The number of hydrogen-bond donors (Lipinski definition) is 0. The van der Waals surface area contributed by atoms with Crippen molar-refractivity contribution in [3.05, 3.63) is 42.1 Å². The first kappa shape index (κ1) is 15.7. The van der Waals surface area contributed by atoms with Crippen LogP contribution in [0.1, 0.15) is 32.3 Å². The van der Waals surface area contributed by atoms with Crippen LogP contribution in [0.3, 0.4) is 0 Å². The molecule has 1 aliphatic rings. The Morgan fingerprint density at radius 1 is 1.17 bits per heavy atom. The molecule has 5 nitrogen and oxygen atoms in total. The topological polar surface area (TPSA) is 45.2 Å². The van der Waals surface area contributed by atoms with Crippen LogP contribution in [0.15, 0.2) is 36.5 Å². The number of rotatable bonds is 5. The van der Waals surface area contributed by atoms with Crippen molar-refractivity contribution in [1.29, 1.82) is 0 Å². The molecule has 1 saturated heterocycles. The second-order valence-corrected chi connectivity index (χ2v) is 6.28. The summed E-state index contributed by atoms with van der Waals surface area (Å²) in [6.45, 7) is 8.24. The number of anilines is 2. The van der Waals surface area contributed by atoms with Gasteiger partial charge in [-0.25, -0.2) is 0 Å². The summed E-state index contributed by atoms with van der Waals surface area (Å²) in [5.41, 5.74) is 1.28. The van der Waals surface area contributed by atoms with E-state index in [9.17, 15) is 0 Å².